The molecule has 6 nitrogen and oxygen atoms in total. The van der Waals surface area contributed by atoms with Crippen LogP contribution in [0.25, 0.3) is 0 Å². The van der Waals surface area contributed by atoms with Crippen molar-refractivity contribution in [1.29, 1.82) is 0 Å². The highest BCUT2D eigenvalue weighted by molar-refractivity contribution is 14.0. The van der Waals surface area contributed by atoms with Crippen molar-refractivity contribution in [3.05, 3.63) is 53.6 Å². The van der Waals surface area contributed by atoms with Crippen molar-refractivity contribution in [2.24, 2.45) is 4.99 Å². The van der Waals surface area contributed by atoms with Gasteiger partial charge < -0.3 is 24.8 Å². The summed E-state index contributed by atoms with van der Waals surface area (Å²) in [5.41, 5.74) is 2.11. The minimum atomic E-state index is 0. The average molecular weight is 455 g/mol. The Kier molecular flexibility index (Phi) is 6.74. The van der Waals surface area contributed by atoms with E-state index in [1.807, 2.05) is 42.3 Å². The summed E-state index contributed by atoms with van der Waals surface area (Å²) in [6.07, 6.45) is 0. The molecular weight excluding hydrogens is 433 g/mol. The van der Waals surface area contributed by atoms with Gasteiger partial charge in [0, 0.05) is 27.2 Å². The lowest BCUT2D eigenvalue weighted by atomic mass is 10.2. The maximum absolute atomic E-state index is 9.53. The number of hydrogen-bond donors (Lipinski definition) is 2. The summed E-state index contributed by atoms with van der Waals surface area (Å²) in [7, 11) is 3.73. The second-order valence-corrected chi connectivity index (χ2v) is 5.61. The Labute approximate surface area is 164 Å². The van der Waals surface area contributed by atoms with Crippen LogP contribution < -0.4 is 14.8 Å². The van der Waals surface area contributed by atoms with Crippen LogP contribution in [0.4, 0.5) is 0 Å². The zero-order chi connectivity index (χ0) is 16.9. The van der Waals surface area contributed by atoms with E-state index in [1.165, 1.54) is 0 Å². The van der Waals surface area contributed by atoms with Crippen LogP contribution in [-0.2, 0) is 13.1 Å². The van der Waals surface area contributed by atoms with E-state index in [9.17, 15) is 5.11 Å². The molecule has 0 atom stereocenters. The quantitative estimate of drug-likeness (QED) is 0.422. The van der Waals surface area contributed by atoms with Gasteiger partial charge in [0.05, 0.1) is 0 Å². The van der Waals surface area contributed by atoms with E-state index in [-0.39, 0.29) is 36.5 Å². The first-order valence-corrected chi connectivity index (χ1v) is 7.74. The lowest BCUT2D eigenvalue weighted by Gasteiger charge is -2.22. The first-order valence-electron chi connectivity index (χ1n) is 7.74. The smallest absolute Gasteiger partial charge is 0.231 e. The Morgan fingerprint density at radius 3 is 2.72 bits per heavy atom. The van der Waals surface area contributed by atoms with Gasteiger partial charge in [0.15, 0.2) is 17.5 Å². The second kappa shape index (κ2) is 8.80. The molecule has 25 heavy (non-hydrogen) atoms. The van der Waals surface area contributed by atoms with Gasteiger partial charge in [-0.25, -0.2) is 0 Å². The lowest BCUT2D eigenvalue weighted by Crippen LogP contribution is -2.38. The first kappa shape index (κ1) is 19.2. The van der Waals surface area contributed by atoms with Gasteiger partial charge in [-0.15, -0.1) is 24.0 Å². The van der Waals surface area contributed by atoms with Crippen molar-refractivity contribution < 1.29 is 14.6 Å². The summed E-state index contributed by atoms with van der Waals surface area (Å²) in [5, 5.41) is 12.8. The first-order chi connectivity index (χ1) is 11.7. The third-order valence-electron chi connectivity index (χ3n) is 3.79. The number of halogens is 1. The molecule has 0 saturated heterocycles. The molecule has 0 amide bonds. The third-order valence-corrected chi connectivity index (χ3v) is 3.79. The van der Waals surface area contributed by atoms with Gasteiger partial charge >= 0.3 is 0 Å². The van der Waals surface area contributed by atoms with Gasteiger partial charge in [0.1, 0.15) is 5.75 Å². The molecule has 1 aliphatic heterocycles. The molecule has 3 rings (SSSR count). The van der Waals surface area contributed by atoms with Gasteiger partial charge in [-0.05, 0) is 35.4 Å². The highest BCUT2D eigenvalue weighted by atomic mass is 127. The second-order valence-electron chi connectivity index (χ2n) is 5.61. The normalized spacial score (nSPS) is 12.5. The molecule has 0 spiro atoms. The molecule has 0 aromatic heterocycles. The van der Waals surface area contributed by atoms with E-state index in [1.54, 1.807) is 19.2 Å². The molecule has 0 fully saturated rings. The average Bonchev–Trinajstić information content (AvgIpc) is 3.03. The highest BCUT2D eigenvalue weighted by Gasteiger charge is 2.14. The number of ether oxygens (including phenoxy) is 2. The van der Waals surface area contributed by atoms with Crippen LogP contribution >= 0.6 is 24.0 Å². The topological polar surface area (TPSA) is 66.3 Å². The Morgan fingerprint density at radius 2 is 1.96 bits per heavy atom. The molecule has 1 heterocycles. The van der Waals surface area contributed by atoms with E-state index in [0.717, 1.165) is 28.6 Å². The predicted molar refractivity (Wildman–Crippen MR) is 108 cm³/mol. The summed E-state index contributed by atoms with van der Waals surface area (Å²) in [6.45, 7) is 1.56. The summed E-state index contributed by atoms with van der Waals surface area (Å²) in [5.74, 6) is 2.60. The van der Waals surface area contributed by atoms with Gasteiger partial charge in [-0.2, -0.15) is 0 Å². The van der Waals surface area contributed by atoms with Gasteiger partial charge in [0.25, 0.3) is 0 Å². The fourth-order valence-corrected chi connectivity index (χ4v) is 2.62. The minimum Gasteiger partial charge on any atom is -0.508 e. The van der Waals surface area contributed by atoms with Crippen LogP contribution in [0.1, 0.15) is 11.1 Å². The van der Waals surface area contributed by atoms with E-state index < -0.39 is 0 Å². The van der Waals surface area contributed by atoms with Crippen molar-refractivity contribution >= 4 is 29.9 Å². The number of phenolic OH excluding ortho intramolecular Hbond substituents is 1. The maximum Gasteiger partial charge on any atom is 0.231 e. The zero-order valence-electron chi connectivity index (χ0n) is 14.2. The van der Waals surface area contributed by atoms with Crippen molar-refractivity contribution in [3.8, 4) is 17.2 Å². The number of hydrogen-bond acceptors (Lipinski definition) is 4. The number of fused-ring (bicyclic) bond motifs is 1. The lowest BCUT2D eigenvalue weighted by molar-refractivity contribution is 0.174. The monoisotopic (exact) mass is 455 g/mol. The number of aromatic hydroxyl groups is 1. The molecule has 2 aromatic carbocycles. The van der Waals surface area contributed by atoms with E-state index >= 15 is 0 Å². The number of rotatable bonds is 4. The SMILES string of the molecule is CN=C(NCc1cccc(O)c1)N(C)Cc1ccc2c(c1)OCO2.I. The standard InChI is InChI=1S/C18H21N3O3.HI/c1-19-18(20-10-13-4-3-5-15(22)8-13)21(2)11-14-6-7-16-17(9-14)24-12-23-16;/h3-9,22H,10-12H2,1-2H3,(H,19,20);1H. The molecule has 134 valence electrons. The van der Waals surface area contributed by atoms with E-state index in [4.69, 9.17) is 9.47 Å². The van der Waals surface area contributed by atoms with Crippen molar-refractivity contribution in [2.75, 3.05) is 20.9 Å². The van der Waals surface area contributed by atoms with Gasteiger partial charge in [0.2, 0.25) is 6.79 Å². The number of nitrogens with one attached hydrogen (secondary N) is 1. The van der Waals surface area contributed by atoms with Crippen LogP contribution in [0.2, 0.25) is 0 Å². The number of phenols is 1. The van der Waals surface area contributed by atoms with Crippen LogP contribution in [0, 0.1) is 0 Å². The fraction of sp³-hybridized carbons (Fsp3) is 0.278. The van der Waals surface area contributed by atoms with Crippen LogP contribution in [0.5, 0.6) is 17.2 Å². The van der Waals surface area contributed by atoms with Crippen LogP contribution in [-0.4, -0.2) is 36.9 Å². The van der Waals surface area contributed by atoms with Gasteiger partial charge in [-0.3, -0.25) is 4.99 Å². The molecule has 1 aliphatic rings. The summed E-state index contributed by atoms with van der Waals surface area (Å²) in [6, 6.07) is 13.1. The van der Waals surface area contributed by atoms with Crippen LogP contribution in [0.3, 0.4) is 0 Å². The Bertz CT molecular complexity index is 752. The molecule has 2 N–H and O–H groups in total. The van der Waals surface area contributed by atoms with E-state index in [0.29, 0.717) is 13.1 Å². The molecule has 0 saturated carbocycles. The highest BCUT2D eigenvalue weighted by Crippen LogP contribution is 2.32. The summed E-state index contributed by atoms with van der Waals surface area (Å²) < 4.78 is 10.7. The molecule has 0 bridgehead atoms. The molecule has 0 aliphatic carbocycles. The Balaban J connectivity index is 0.00000225. The van der Waals surface area contributed by atoms with E-state index in [2.05, 4.69) is 10.3 Å². The van der Waals surface area contributed by atoms with Crippen LogP contribution in [0.15, 0.2) is 47.5 Å². The summed E-state index contributed by atoms with van der Waals surface area (Å²) in [4.78, 5) is 6.34. The number of nitrogens with zero attached hydrogens (tertiary/aromatic N) is 2. The number of benzene rings is 2. The number of guanidine groups is 1. The zero-order valence-corrected chi connectivity index (χ0v) is 16.6. The Morgan fingerprint density at radius 1 is 1.16 bits per heavy atom. The van der Waals surface area contributed by atoms with Crippen molar-refractivity contribution in [2.45, 2.75) is 13.1 Å². The summed E-state index contributed by atoms with van der Waals surface area (Å²) >= 11 is 0. The predicted octanol–water partition coefficient (Wildman–Crippen LogP) is 2.95. The van der Waals surface area contributed by atoms with Crippen molar-refractivity contribution in [3.63, 3.8) is 0 Å². The molecule has 0 radical (unpaired) electrons. The maximum atomic E-state index is 9.53. The molecule has 0 unspecified atom stereocenters. The minimum absolute atomic E-state index is 0. The van der Waals surface area contributed by atoms with Crippen molar-refractivity contribution in [1.82, 2.24) is 10.2 Å². The number of aliphatic imine (C=N–C) groups is 1. The molecule has 7 heteroatoms. The largest absolute Gasteiger partial charge is 0.508 e. The molecular formula is C18H22IN3O3. The van der Waals surface area contributed by atoms with Gasteiger partial charge in [-0.1, -0.05) is 18.2 Å². The third kappa shape index (κ3) is 4.91. The fourth-order valence-electron chi connectivity index (χ4n) is 2.62. The molecule has 2 aromatic rings. The Hall–Kier alpha value is -2.16.